The minimum atomic E-state index is -1.26. The number of ether oxygens (including phenoxy) is 2. The van der Waals surface area contributed by atoms with Gasteiger partial charge in [-0.15, -0.1) is 0 Å². The fraction of sp³-hybridized carbons (Fsp3) is 0.885. The molecule has 216 valence electrons. The van der Waals surface area contributed by atoms with Crippen molar-refractivity contribution in [1.29, 1.82) is 0 Å². The van der Waals surface area contributed by atoms with E-state index in [4.69, 9.17) is 9.47 Å². The molecule has 0 aliphatic carbocycles. The number of nitrogens with one attached hydrogen (secondary N) is 2. The first kappa shape index (κ1) is 29.0. The minimum Gasteiger partial charge on any atom is -0.388 e. The van der Waals surface area contributed by atoms with Crippen LogP contribution in [0.2, 0.25) is 0 Å². The summed E-state index contributed by atoms with van der Waals surface area (Å²) in [4.78, 5) is 45.3. The lowest BCUT2D eigenvalue weighted by Gasteiger charge is -2.39. The summed E-state index contributed by atoms with van der Waals surface area (Å²) in [5.41, 5.74) is -0.0407. The number of carbonyl (C=O) groups excluding carboxylic acids is 3. The van der Waals surface area contributed by atoms with E-state index < -0.39 is 30.5 Å². The second kappa shape index (κ2) is 11.6. The molecule has 4 N–H and O–H groups in total. The first-order valence-electron chi connectivity index (χ1n) is 13.8. The average molecular weight is 540 g/mol. The van der Waals surface area contributed by atoms with Crippen molar-refractivity contribution in [2.75, 3.05) is 45.9 Å². The van der Waals surface area contributed by atoms with Gasteiger partial charge in [-0.25, -0.2) is 4.79 Å². The quantitative estimate of drug-likeness (QED) is 0.355. The standard InChI is InChI=1S/C26H45N5O7/c1-15(2)27-25(36)30-12-17-11-29(6-7-37-17)24(35)18-8-16(10-31(18)14-26(3,4)5)28-21(32)9-19-22(33)23(34)20(13-30)38-19/h15-20,22-23,33-34H,6-14H2,1-5H3,(H,27,36)(H,28,32)/t16-,17-,18-,19-,20+,22-,23+/m0/s1. The number of hydrogen-bond donors (Lipinski definition) is 4. The number of rotatable bonds is 2. The zero-order chi connectivity index (χ0) is 27.8. The van der Waals surface area contributed by atoms with Gasteiger partial charge in [0.25, 0.3) is 0 Å². The van der Waals surface area contributed by atoms with Crippen LogP contribution in [0.3, 0.4) is 0 Å². The normalized spacial score (nSPS) is 35.5. The first-order chi connectivity index (χ1) is 17.8. The molecule has 0 saturated carbocycles. The third-order valence-electron chi connectivity index (χ3n) is 7.55. The Morgan fingerprint density at radius 3 is 2.50 bits per heavy atom. The number of amides is 4. The average Bonchev–Trinajstić information content (AvgIpc) is 3.31. The smallest absolute Gasteiger partial charge is 0.317 e. The number of hydrogen-bond acceptors (Lipinski definition) is 8. The van der Waals surface area contributed by atoms with Gasteiger partial charge in [-0.1, -0.05) is 20.8 Å². The van der Waals surface area contributed by atoms with Crippen molar-refractivity contribution in [2.45, 2.75) is 96.1 Å². The van der Waals surface area contributed by atoms with Crippen LogP contribution in [-0.4, -0.2) is 137 Å². The Bertz CT molecular complexity index is 881. The van der Waals surface area contributed by atoms with Gasteiger partial charge in [0.1, 0.15) is 18.3 Å². The Morgan fingerprint density at radius 1 is 1.11 bits per heavy atom. The molecule has 12 heteroatoms. The van der Waals surface area contributed by atoms with Gasteiger partial charge in [0.05, 0.1) is 44.4 Å². The van der Waals surface area contributed by atoms with E-state index in [9.17, 15) is 24.6 Å². The highest BCUT2D eigenvalue weighted by atomic mass is 16.5. The second-order valence-electron chi connectivity index (χ2n) is 12.7. The molecular weight excluding hydrogens is 494 g/mol. The number of aliphatic hydroxyl groups excluding tert-OH is 2. The number of nitrogens with zero attached hydrogens (tertiary/aromatic N) is 3. The van der Waals surface area contributed by atoms with Gasteiger partial charge in [-0.2, -0.15) is 0 Å². The Hall–Kier alpha value is -1.99. The molecule has 4 fully saturated rings. The van der Waals surface area contributed by atoms with Gasteiger partial charge in [0, 0.05) is 38.3 Å². The predicted octanol–water partition coefficient (Wildman–Crippen LogP) is -0.868. The van der Waals surface area contributed by atoms with Gasteiger partial charge in [-0.3, -0.25) is 14.5 Å². The van der Waals surface area contributed by atoms with Gasteiger partial charge >= 0.3 is 6.03 Å². The molecule has 4 heterocycles. The van der Waals surface area contributed by atoms with Crippen LogP contribution in [0.25, 0.3) is 0 Å². The van der Waals surface area contributed by atoms with Crippen LogP contribution in [0.15, 0.2) is 0 Å². The van der Waals surface area contributed by atoms with Crippen molar-refractivity contribution in [2.24, 2.45) is 5.41 Å². The largest absolute Gasteiger partial charge is 0.388 e. The molecule has 0 radical (unpaired) electrons. The van der Waals surface area contributed by atoms with Crippen LogP contribution in [0.1, 0.15) is 47.5 Å². The molecular formula is C26H45N5O7. The molecule has 0 aromatic carbocycles. The van der Waals surface area contributed by atoms with Crippen molar-refractivity contribution < 1.29 is 34.1 Å². The van der Waals surface area contributed by atoms with Crippen LogP contribution in [0.4, 0.5) is 4.79 Å². The maximum Gasteiger partial charge on any atom is 0.317 e. The fourth-order valence-corrected chi connectivity index (χ4v) is 5.95. The lowest BCUT2D eigenvalue weighted by Crippen LogP contribution is -2.57. The lowest BCUT2D eigenvalue weighted by atomic mass is 9.95. The van der Waals surface area contributed by atoms with Gasteiger partial charge in [0.15, 0.2) is 0 Å². The third kappa shape index (κ3) is 6.95. The SMILES string of the molecule is CC(C)NC(=O)N1C[C@@H]2CN(CCO2)C(=O)[C@@H]2C[C@@H](CN2CC(C)(C)C)NC(=O)C[C@@H]2O[C@H](C1)[C@@H](O)[C@H]2O. The fourth-order valence-electron chi connectivity index (χ4n) is 5.95. The molecule has 4 aliphatic rings. The van der Waals surface area contributed by atoms with E-state index in [1.165, 1.54) is 4.90 Å². The van der Waals surface area contributed by atoms with E-state index in [1.54, 1.807) is 0 Å². The maximum absolute atomic E-state index is 13.8. The molecule has 0 aromatic heterocycles. The molecule has 6 bridgehead atoms. The summed E-state index contributed by atoms with van der Waals surface area (Å²) in [5, 5.41) is 27.3. The van der Waals surface area contributed by atoms with Crippen LogP contribution in [0.5, 0.6) is 0 Å². The zero-order valence-electron chi connectivity index (χ0n) is 23.3. The highest BCUT2D eigenvalue weighted by Gasteiger charge is 2.46. The van der Waals surface area contributed by atoms with Gasteiger partial charge in [0.2, 0.25) is 11.8 Å². The zero-order valence-corrected chi connectivity index (χ0v) is 23.3. The first-order valence-corrected chi connectivity index (χ1v) is 13.8. The molecule has 4 saturated heterocycles. The highest BCUT2D eigenvalue weighted by molar-refractivity contribution is 5.83. The van der Waals surface area contributed by atoms with Crippen LogP contribution in [-0.2, 0) is 19.1 Å². The van der Waals surface area contributed by atoms with Crippen molar-refractivity contribution in [1.82, 2.24) is 25.3 Å². The maximum atomic E-state index is 13.8. The molecule has 0 spiro atoms. The summed E-state index contributed by atoms with van der Waals surface area (Å²) < 4.78 is 11.9. The van der Waals surface area contributed by atoms with E-state index in [1.807, 2.05) is 18.7 Å². The second-order valence-corrected chi connectivity index (χ2v) is 12.7. The number of carbonyl (C=O) groups is 3. The van der Waals surface area contributed by atoms with Gasteiger partial charge < -0.3 is 40.1 Å². The number of likely N-dealkylation sites (tertiary alicyclic amines) is 1. The molecule has 4 rings (SSSR count). The van der Waals surface area contributed by atoms with Crippen LogP contribution >= 0.6 is 0 Å². The molecule has 12 nitrogen and oxygen atoms in total. The Balaban J connectivity index is 1.61. The predicted molar refractivity (Wildman–Crippen MR) is 138 cm³/mol. The molecule has 0 aromatic rings. The number of fused-ring (bicyclic) bond motifs is 6. The van der Waals surface area contributed by atoms with Crippen molar-refractivity contribution >= 4 is 17.8 Å². The van der Waals surface area contributed by atoms with Crippen molar-refractivity contribution in [3.63, 3.8) is 0 Å². The Labute approximate surface area is 225 Å². The molecule has 4 amide bonds. The highest BCUT2D eigenvalue weighted by Crippen LogP contribution is 2.28. The topological polar surface area (TPSA) is 144 Å². The molecule has 4 aliphatic heterocycles. The summed E-state index contributed by atoms with van der Waals surface area (Å²) in [6.07, 6.45) is -4.32. The Kier molecular flexibility index (Phi) is 8.88. The van der Waals surface area contributed by atoms with E-state index in [-0.39, 0.29) is 60.9 Å². The van der Waals surface area contributed by atoms with E-state index in [0.717, 1.165) is 0 Å². The molecule has 0 unspecified atom stereocenters. The van der Waals surface area contributed by atoms with Gasteiger partial charge in [-0.05, 0) is 25.7 Å². The molecule has 38 heavy (non-hydrogen) atoms. The Morgan fingerprint density at radius 2 is 1.82 bits per heavy atom. The minimum absolute atomic E-state index is 0.00726. The van der Waals surface area contributed by atoms with E-state index in [0.29, 0.717) is 39.2 Å². The summed E-state index contributed by atoms with van der Waals surface area (Å²) in [6, 6.07) is -1.05. The number of aliphatic hydroxyl groups is 2. The number of urea groups is 1. The van der Waals surface area contributed by atoms with E-state index in [2.05, 4.69) is 36.3 Å². The summed E-state index contributed by atoms with van der Waals surface area (Å²) >= 11 is 0. The van der Waals surface area contributed by atoms with E-state index >= 15 is 0 Å². The third-order valence-corrected chi connectivity index (χ3v) is 7.55. The lowest BCUT2D eigenvalue weighted by molar-refractivity contribution is -0.144. The molecule has 7 atom stereocenters. The summed E-state index contributed by atoms with van der Waals surface area (Å²) in [5.74, 6) is -0.289. The summed E-state index contributed by atoms with van der Waals surface area (Å²) in [7, 11) is 0. The van der Waals surface area contributed by atoms with Crippen LogP contribution < -0.4 is 10.6 Å². The van der Waals surface area contributed by atoms with Crippen molar-refractivity contribution in [3.05, 3.63) is 0 Å². The summed E-state index contributed by atoms with van der Waals surface area (Å²) in [6.45, 7) is 12.7. The van der Waals surface area contributed by atoms with Crippen molar-refractivity contribution in [3.8, 4) is 0 Å². The van der Waals surface area contributed by atoms with Crippen LogP contribution in [0, 0.1) is 5.41 Å². The monoisotopic (exact) mass is 539 g/mol. The number of morpholine rings is 1.